The van der Waals surface area contributed by atoms with Crippen LogP contribution in [0, 0.1) is 13.8 Å². The van der Waals surface area contributed by atoms with Gasteiger partial charge in [-0.2, -0.15) is 4.72 Å². The Kier molecular flexibility index (Phi) is 9.36. The number of quaternary nitrogens is 1. The average molecular weight is 594 g/mol. The zero-order valence-corrected chi connectivity index (χ0v) is 27.0. The second-order valence-electron chi connectivity index (χ2n) is 12.1. The molecule has 5 heteroatoms. The number of benzene rings is 5. The van der Waals surface area contributed by atoms with E-state index >= 15 is 0 Å². The summed E-state index contributed by atoms with van der Waals surface area (Å²) in [4.78, 5) is 0.372. The fourth-order valence-corrected chi connectivity index (χ4v) is 8.37. The molecule has 0 spiro atoms. The molecule has 43 heavy (non-hydrogen) atoms. The van der Waals surface area contributed by atoms with E-state index in [4.69, 9.17) is 0 Å². The molecule has 0 radical (unpaired) electrons. The van der Waals surface area contributed by atoms with Crippen LogP contribution in [-0.4, -0.2) is 32.2 Å². The number of nitrogens with zero attached hydrogens (tertiary/aromatic N) is 1. The molecule has 0 aliphatic heterocycles. The Morgan fingerprint density at radius 3 is 2.00 bits per heavy atom. The summed E-state index contributed by atoms with van der Waals surface area (Å²) in [5.41, 5.74) is 5.67. The van der Waals surface area contributed by atoms with Crippen LogP contribution in [0.5, 0.6) is 0 Å². The molecule has 0 saturated carbocycles. The summed E-state index contributed by atoms with van der Waals surface area (Å²) in [6, 6.07) is 33.3. The summed E-state index contributed by atoms with van der Waals surface area (Å²) < 4.78 is 32.9. The summed E-state index contributed by atoms with van der Waals surface area (Å²) in [7, 11) is -3.84. The maximum Gasteiger partial charge on any atom is 0.245 e. The van der Waals surface area contributed by atoms with Crippen molar-refractivity contribution in [2.75, 3.05) is 13.1 Å². The van der Waals surface area contributed by atoms with Crippen LogP contribution in [0.1, 0.15) is 61.4 Å². The summed E-state index contributed by atoms with van der Waals surface area (Å²) >= 11 is 0. The van der Waals surface area contributed by atoms with Gasteiger partial charge in [0.25, 0.3) is 0 Å². The maximum absolute atomic E-state index is 14.5. The fourth-order valence-electron chi connectivity index (χ4n) is 6.79. The molecule has 1 unspecified atom stereocenters. The van der Waals surface area contributed by atoms with E-state index in [9.17, 15) is 8.42 Å². The van der Waals surface area contributed by atoms with Gasteiger partial charge in [0.2, 0.25) is 10.0 Å². The standard InChI is InChI=1S/C38H45N2O2S/c1-6-13-38(40(7-2,8-3)27-31-23-28(4)22-29(5)24-31)39-43(41,42)37-21-20-33-15-11-12-17-35(33)36(37)26-30-18-19-32-14-9-10-16-34(32)25-30/h9-12,14-25,38-39H,6-8,13,26-27H2,1-5H3/q+1. The van der Waals surface area contributed by atoms with E-state index in [1.807, 2.05) is 36.4 Å². The van der Waals surface area contributed by atoms with Gasteiger partial charge in [-0.25, -0.2) is 8.42 Å². The lowest BCUT2D eigenvalue weighted by Gasteiger charge is -2.44. The number of hydrogen-bond donors (Lipinski definition) is 1. The molecule has 0 fully saturated rings. The van der Waals surface area contributed by atoms with E-state index < -0.39 is 10.0 Å². The van der Waals surface area contributed by atoms with Crippen LogP contribution < -0.4 is 4.72 Å². The van der Waals surface area contributed by atoms with E-state index in [0.717, 1.165) is 59.8 Å². The Bertz CT molecular complexity index is 1820. The highest BCUT2D eigenvalue weighted by Crippen LogP contribution is 2.31. The molecule has 4 nitrogen and oxygen atoms in total. The smallest absolute Gasteiger partial charge is 0.245 e. The summed E-state index contributed by atoms with van der Waals surface area (Å²) in [6.45, 7) is 13.2. The zero-order valence-electron chi connectivity index (χ0n) is 26.2. The van der Waals surface area contributed by atoms with Crippen LogP contribution in [-0.2, 0) is 23.0 Å². The highest BCUT2D eigenvalue weighted by atomic mass is 32.2. The quantitative estimate of drug-likeness (QED) is 0.116. The van der Waals surface area contributed by atoms with E-state index in [1.165, 1.54) is 22.1 Å². The number of rotatable bonds is 12. The van der Waals surface area contributed by atoms with E-state index in [1.54, 1.807) is 6.07 Å². The second kappa shape index (κ2) is 13.0. The first-order valence-corrected chi connectivity index (χ1v) is 17.1. The minimum absolute atomic E-state index is 0.245. The highest BCUT2D eigenvalue weighted by Gasteiger charge is 2.37. The van der Waals surface area contributed by atoms with Crippen LogP contribution >= 0.6 is 0 Å². The number of sulfonamides is 1. The first kappa shape index (κ1) is 30.9. The van der Waals surface area contributed by atoms with Gasteiger partial charge >= 0.3 is 0 Å². The van der Waals surface area contributed by atoms with Crippen LogP contribution in [0.4, 0.5) is 0 Å². The van der Waals surface area contributed by atoms with Gasteiger partial charge in [0, 0.05) is 12.0 Å². The van der Waals surface area contributed by atoms with Gasteiger partial charge < -0.3 is 4.48 Å². The molecule has 0 saturated heterocycles. The van der Waals surface area contributed by atoms with Crippen molar-refractivity contribution >= 4 is 31.6 Å². The normalized spacial score (nSPS) is 13.0. The second-order valence-corrected chi connectivity index (χ2v) is 13.7. The van der Waals surface area contributed by atoms with Crippen molar-refractivity contribution in [1.82, 2.24) is 4.72 Å². The lowest BCUT2D eigenvalue weighted by Crippen LogP contribution is -2.61. The van der Waals surface area contributed by atoms with Crippen molar-refractivity contribution in [2.45, 2.75) is 71.5 Å². The predicted molar refractivity (Wildman–Crippen MR) is 181 cm³/mol. The van der Waals surface area contributed by atoms with Gasteiger partial charge in [-0.15, -0.1) is 0 Å². The van der Waals surface area contributed by atoms with Crippen molar-refractivity contribution in [3.8, 4) is 0 Å². The third kappa shape index (κ3) is 6.70. The number of nitrogens with one attached hydrogen (secondary N) is 1. The van der Waals surface area contributed by atoms with Crippen LogP contribution in [0.3, 0.4) is 0 Å². The third-order valence-corrected chi connectivity index (χ3v) is 10.6. The van der Waals surface area contributed by atoms with E-state index in [2.05, 4.69) is 93.9 Å². The summed E-state index contributed by atoms with van der Waals surface area (Å²) in [6.07, 6.45) is 1.94. The molecule has 0 aliphatic carbocycles. The third-order valence-electron chi connectivity index (χ3n) is 9.03. The average Bonchev–Trinajstić information content (AvgIpc) is 2.99. The molecule has 5 rings (SSSR count). The molecule has 5 aromatic carbocycles. The Hall–Kier alpha value is -3.51. The van der Waals surface area contributed by atoms with Crippen molar-refractivity contribution in [2.24, 2.45) is 0 Å². The SMILES string of the molecule is CCCC(NS(=O)(=O)c1ccc2ccccc2c1Cc1ccc2ccccc2c1)[N+](CC)(CC)Cc1cc(C)cc(C)c1. The maximum atomic E-state index is 14.5. The van der Waals surface area contributed by atoms with Crippen LogP contribution in [0.2, 0.25) is 0 Å². The van der Waals surface area contributed by atoms with E-state index in [0.29, 0.717) is 15.8 Å². The van der Waals surface area contributed by atoms with Gasteiger partial charge in [-0.3, -0.25) is 0 Å². The molecule has 0 bridgehead atoms. The molecule has 0 aliphatic rings. The van der Waals surface area contributed by atoms with Crippen molar-refractivity contribution in [3.63, 3.8) is 0 Å². The Morgan fingerprint density at radius 2 is 1.33 bits per heavy atom. The Balaban J connectivity index is 1.57. The van der Waals surface area contributed by atoms with Gasteiger partial charge in [-0.1, -0.05) is 109 Å². The molecule has 0 amide bonds. The molecule has 5 aromatic rings. The molecular weight excluding hydrogens is 548 g/mol. The number of fused-ring (bicyclic) bond motifs is 2. The molecular formula is C38H45N2O2S+. The molecule has 0 aromatic heterocycles. The number of hydrogen-bond acceptors (Lipinski definition) is 2. The summed E-state index contributed by atoms with van der Waals surface area (Å²) in [5.74, 6) is 0. The van der Waals surface area contributed by atoms with Crippen LogP contribution in [0.15, 0.2) is 102 Å². The van der Waals surface area contributed by atoms with Gasteiger partial charge in [-0.05, 0) is 79.3 Å². The monoisotopic (exact) mass is 593 g/mol. The van der Waals surface area contributed by atoms with Crippen molar-refractivity contribution < 1.29 is 12.9 Å². The molecule has 224 valence electrons. The molecule has 0 heterocycles. The lowest BCUT2D eigenvalue weighted by molar-refractivity contribution is -0.962. The molecule has 1 atom stereocenters. The van der Waals surface area contributed by atoms with Crippen molar-refractivity contribution in [1.29, 1.82) is 0 Å². The predicted octanol–water partition coefficient (Wildman–Crippen LogP) is 8.66. The Morgan fingerprint density at radius 1 is 0.698 bits per heavy atom. The molecule has 1 N–H and O–H groups in total. The van der Waals surface area contributed by atoms with Gasteiger partial charge in [0.15, 0.2) is 6.17 Å². The highest BCUT2D eigenvalue weighted by molar-refractivity contribution is 7.89. The minimum atomic E-state index is -3.84. The van der Waals surface area contributed by atoms with Gasteiger partial charge in [0.05, 0.1) is 18.0 Å². The largest absolute Gasteiger partial charge is 0.305 e. The lowest BCUT2D eigenvalue weighted by atomic mass is 9.97. The zero-order chi connectivity index (χ0) is 30.6. The first-order valence-electron chi connectivity index (χ1n) is 15.6. The van der Waals surface area contributed by atoms with Gasteiger partial charge in [0.1, 0.15) is 6.54 Å². The van der Waals surface area contributed by atoms with E-state index in [-0.39, 0.29) is 6.17 Å². The Labute approximate surface area is 258 Å². The fraction of sp³-hybridized carbons (Fsp3) is 0.316. The minimum Gasteiger partial charge on any atom is -0.305 e. The van der Waals surface area contributed by atoms with Crippen molar-refractivity contribution in [3.05, 3.63) is 125 Å². The summed E-state index contributed by atoms with van der Waals surface area (Å²) in [5, 5.41) is 4.36. The van der Waals surface area contributed by atoms with Crippen LogP contribution in [0.25, 0.3) is 21.5 Å². The topological polar surface area (TPSA) is 46.2 Å². The number of aryl methyl sites for hydroxylation is 2. The first-order chi connectivity index (χ1) is 20.7.